The van der Waals surface area contributed by atoms with Crippen LogP contribution in [-0.2, 0) is 0 Å². The van der Waals surface area contributed by atoms with Gasteiger partial charge in [0.25, 0.3) is 0 Å². The maximum atomic E-state index is 8.93. The zero-order valence-electron chi connectivity index (χ0n) is 7.43. The van der Waals surface area contributed by atoms with Gasteiger partial charge < -0.3 is 25.3 Å². The molecule has 0 saturated heterocycles. The van der Waals surface area contributed by atoms with Crippen LogP contribution in [0.25, 0.3) is 0 Å². The van der Waals surface area contributed by atoms with E-state index in [-0.39, 0.29) is 6.42 Å². The lowest BCUT2D eigenvalue weighted by atomic mass is 10.1. The van der Waals surface area contributed by atoms with Gasteiger partial charge in [-0.15, -0.1) is 0 Å². The minimum absolute atomic E-state index is 0.154. The molecule has 0 aliphatic rings. The van der Waals surface area contributed by atoms with E-state index >= 15 is 0 Å². The number of nitrogens with zero attached hydrogens (tertiary/aromatic N) is 1. The Morgan fingerprint density at radius 1 is 1.25 bits per heavy atom. The van der Waals surface area contributed by atoms with Crippen LogP contribution >= 0.6 is 0 Å². The molecule has 74 valence electrons. The van der Waals surface area contributed by atoms with Gasteiger partial charge in [-0.3, -0.25) is 0 Å². The first-order chi connectivity index (χ1) is 5.34. The number of hydrogen-bond donors (Lipinski definition) is 4. The van der Waals surface area contributed by atoms with Crippen molar-refractivity contribution in [3.63, 3.8) is 0 Å². The van der Waals surface area contributed by atoms with E-state index in [1.54, 1.807) is 0 Å². The summed E-state index contributed by atoms with van der Waals surface area (Å²) in [5, 5.41) is 34.4. The molecule has 0 saturated carbocycles. The van der Waals surface area contributed by atoms with Gasteiger partial charge in [0.15, 0.2) is 0 Å². The summed E-state index contributed by atoms with van der Waals surface area (Å²) in [6.07, 6.45) is -0.753. The molecule has 12 heavy (non-hydrogen) atoms. The Labute approximate surface area is 71.9 Å². The lowest BCUT2D eigenvalue weighted by Gasteiger charge is -2.21. The summed E-state index contributed by atoms with van der Waals surface area (Å²) in [6, 6.07) is 0. The molecular formula is C7H17NO4. The van der Waals surface area contributed by atoms with Gasteiger partial charge in [0.1, 0.15) is 6.10 Å². The maximum Gasteiger partial charge on any atom is 0.302 e. The van der Waals surface area contributed by atoms with Crippen LogP contribution in [0, 0.1) is 0 Å². The van der Waals surface area contributed by atoms with E-state index < -0.39 is 12.1 Å². The van der Waals surface area contributed by atoms with Gasteiger partial charge in [0.2, 0.25) is 0 Å². The molecule has 0 fully saturated rings. The van der Waals surface area contributed by atoms with Crippen molar-refractivity contribution in [2.24, 2.45) is 0 Å². The SMILES string of the molecule is CN(C)CCCC(O)C(O)(O)O. The number of aliphatic hydroxyl groups is 4. The Morgan fingerprint density at radius 3 is 2.08 bits per heavy atom. The van der Waals surface area contributed by atoms with Crippen LogP contribution in [-0.4, -0.2) is 58.0 Å². The van der Waals surface area contributed by atoms with Crippen LogP contribution in [0.2, 0.25) is 0 Å². The van der Waals surface area contributed by atoms with Crippen molar-refractivity contribution in [1.82, 2.24) is 4.90 Å². The fourth-order valence-corrected chi connectivity index (χ4v) is 0.795. The lowest BCUT2D eigenvalue weighted by Crippen LogP contribution is -2.42. The van der Waals surface area contributed by atoms with Gasteiger partial charge in [0, 0.05) is 0 Å². The van der Waals surface area contributed by atoms with Crippen LogP contribution in [0.1, 0.15) is 12.8 Å². The topological polar surface area (TPSA) is 84.2 Å². The molecule has 0 aromatic carbocycles. The number of hydrogen-bond acceptors (Lipinski definition) is 5. The fraction of sp³-hybridized carbons (Fsp3) is 1.00. The molecule has 0 aromatic heterocycles. The molecule has 0 aromatic rings. The van der Waals surface area contributed by atoms with Crippen molar-refractivity contribution in [2.45, 2.75) is 24.9 Å². The van der Waals surface area contributed by atoms with Crippen molar-refractivity contribution in [3.05, 3.63) is 0 Å². The molecule has 0 aliphatic carbocycles. The van der Waals surface area contributed by atoms with Crippen LogP contribution in [0.4, 0.5) is 0 Å². The van der Waals surface area contributed by atoms with E-state index in [1.165, 1.54) is 0 Å². The molecular weight excluding hydrogens is 162 g/mol. The zero-order chi connectivity index (χ0) is 9.78. The first-order valence-electron chi connectivity index (χ1n) is 3.84. The second-order valence-corrected chi connectivity index (χ2v) is 3.15. The third-order valence-electron chi connectivity index (χ3n) is 1.53. The molecule has 1 atom stereocenters. The average molecular weight is 179 g/mol. The van der Waals surface area contributed by atoms with Gasteiger partial charge in [0.05, 0.1) is 0 Å². The Hall–Kier alpha value is -0.200. The van der Waals surface area contributed by atoms with E-state index in [1.807, 2.05) is 19.0 Å². The minimum Gasteiger partial charge on any atom is -0.385 e. The molecule has 4 N–H and O–H groups in total. The molecule has 0 rings (SSSR count). The first kappa shape index (κ1) is 11.8. The summed E-state index contributed by atoms with van der Waals surface area (Å²) in [5.74, 6) is -2.97. The molecule has 5 heteroatoms. The lowest BCUT2D eigenvalue weighted by molar-refractivity contribution is -0.355. The molecule has 0 aliphatic heterocycles. The predicted octanol–water partition coefficient (Wildman–Crippen LogP) is -1.68. The molecule has 0 spiro atoms. The van der Waals surface area contributed by atoms with E-state index in [4.69, 9.17) is 20.4 Å². The van der Waals surface area contributed by atoms with Gasteiger partial charge in [-0.2, -0.15) is 0 Å². The predicted molar refractivity (Wildman–Crippen MR) is 43.2 cm³/mol. The van der Waals surface area contributed by atoms with Crippen LogP contribution < -0.4 is 0 Å². The highest BCUT2D eigenvalue weighted by Crippen LogP contribution is 2.08. The van der Waals surface area contributed by atoms with Crippen molar-refractivity contribution in [3.8, 4) is 0 Å². The van der Waals surface area contributed by atoms with E-state index in [9.17, 15) is 0 Å². The van der Waals surface area contributed by atoms with E-state index in [0.717, 1.165) is 6.54 Å². The van der Waals surface area contributed by atoms with Crippen LogP contribution in [0.5, 0.6) is 0 Å². The van der Waals surface area contributed by atoms with E-state index in [2.05, 4.69) is 0 Å². The Kier molecular flexibility index (Phi) is 4.66. The fourth-order valence-electron chi connectivity index (χ4n) is 0.795. The third kappa shape index (κ3) is 5.45. The number of aliphatic hydroxyl groups excluding tert-OH is 1. The summed E-state index contributed by atoms with van der Waals surface area (Å²) in [4.78, 5) is 1.90. The standard InChI is InChI=1S/C7H17NO4/c1-8(2)5-3-4-6(9)7(10,11)12/h6,9-12H,3-5H2,1-2H3. The largest absolute Gasteiger partial charge is 0.385 e. The van der Waals surface area contributed by atoms with Gasteiger partial charge in [-0.1, -0.05) is 0 Å². The summed E-state index contributed by atoms with van der Waals surface area (Å²) in [6.45, 7) is 0.729. The normalized spacial score (nSPS) is 15.2. The summed E-state index contributed by atoms with van der Waals surface area (Å²) in [7, 11) is 3.74. The van der Waals surface area contributed by atoms with E-state index in [0.29, 0.717) is 6.42 Å². The molecule has 0 radical (unpaired) electrons. The van der Waals surface area contributed by atoms with Crippen LogP contribution in [0.15, 0.2) is 0 Å². The third-order valence-corrected chi connectivity index (χ3v) is 1.53. The smallest absolute Gasteiger partial charge is 0.302 e. The number of rotatable bonds is 5. The van der Waals surface area contributed by atoms with Crippen molar-refractivity contribution in [1.29, 1.82) is 0 Å². The highest BCUT2D eigenvalue weighted by molar-refractivity contribution is 4.63. The summed E-state index contributed by atoms with van der Waals surface area (Å²) in [5.41, 5.74) is 0. The molecule has 5 nitrogen and oxygen atoms in total. The van der Waals surface area contributed by atoms with Crippen molar-refractivity contribution < 1.29 is 20.4 Å². The maximum absolute atomic E-state index is 8.93. The van der Waals surface area contributed by atoms with Crippen LogP contribution in [0.3, 0.4) is 0 Å². The molecule has 0 heterocycles. The Morgan fingerprint density at radius 2 is 1.75 bits per heavy atom. The summed E-state index contributed by atoms with van der Waals surface area (Å²) >= 11 is 0. The first-order valence-corrected chi connectivity index (χ1v) is 3.84. The van der Waals surface area contributed by atoms with Crippen molar-refractivity contribution in [2.75, 3.05) is 20.6 Å². The second-order valence-electron chi connectivity index (χ2n) is 3.15. The Bertz CT molecular complexity index is 121. The van der Waals surface area contributed by atoms with Gasteiger partial charge in [-0.05, 0) is 33.5 Å². The summed E-state index contributed by atoms with van der Waals surface area (Å²) < 4.78 is 0. The quantitative estimate of drug-likeness (QED) is 0.379. The monoisotopic (exact) mass is 179 g/mol. The molecule has 0 amide bonds. The Balaban J connectivity index is 3.51. The zero-order valence-corrected chi connectivity index (χ0v) is 7.43. The average Bonchev–Trinajstić information content (AvgIpc) is 1.84. The molecule has 0 bridgehead atoms. The second kappa shape index (κ2) is 4.74. The van der Waals surface area contributed by atoms with Gasteiger partial charge in [-0.25, -0.2) is 0 Å². The van der Waals surface area contributed by atoms with Crippen molar-refractivity contribution >= 4 is 0 Å². The highest BCUT2D eigenvalue weighted by Gasteiger charge is 2.29. The molecule has 1 unspecified atom stereocenters. The minimum atomic E-state index is -2.97. The highest BCUT2D eigenvalue weighted by atomic mass is 16.7. The van der Waals surface area contributed by atoms with Gasteiger partial charge >= 0.3 is 5.97 Å².